The van der Waals surface area contributed by atoms with Gasteiger partial charge in [-0.05, 0) is 30.3 Å². The molecule has 0 unspecified atom stereocenters. The van der Waals surface area contributed by atoms with Gasteiger partial charge in [-0.25, -0.2) is 15.0 Å². The first-order valence-electron chi connectivity index (χ1n) is 7.87. The van der Waals surface area contributed by atoms with Crippen molar-refractivity contribution in [2.75, 3.05) is 5.32 Å². The first-order valence-corrected chi connectivity index (χ1v) is 9.44. The molecule has 3 aromatic heterocycles. The molecule has 0 saturated carbocycles. The van der Waals surface area contributed by atoms with Crippen LogP contribution in [0.4, 0.5) is 11.6 Å². The molecule has 4 aromatic rings. The van der Waals surface area contributed by atoms with Crippen LogP contribution in [0.2, 0.25) is 10.0 Å². The van der Waals surface area contributed by atoms with Crippen LogP contribution in [0.5, 0.6) is 0 Å². The monoisotopic (exact) mass is 462 g/mol. The van der Waals surface area contributed by atoms with Crippen LogP contribution < -0.4 is 5.32 Å². The molecule has 0 amide bonds. The Morgan fingerprint density at radius 2 is 1.62 bits per heavy atom. The number of nitrogens with one attached hydrogen (secondary N) is 1. The molecule has 0 aliphatic heterocycles. The fraction of sp³-hybridized carbons (Fsp3) is 0. The molecular formula is C19H8ArCl2N6S. The number of rotatable bonds is 3. The van der Waals surface area contributed by atoms with E-state index in [2.05, 4.69) is 26.3 Å². The summed E-state index contributed by atoms with van der Waals surface area (Å²) in [5.74, 6) is 1.06. The molecule has 0 saturated heterocycles. The van der Waals surface area contributed by atoms with Gasteiger partial charge in [0, 0.05) is 55.7 Å². The third-order valence-corrected chi connectivity index (χ3v) is 5.52. The molecule has 10 heteroatoms. The van der Waals surface area contributed by atoms with Crippen molar-refractivity contribution in [2.24, 2.45) is 0 Å². The number of anilines is 2. The minimum absolute atomic E-state index is 0. The van der Waals surface area contributed by atoms with Crippen LogP contribution in [0.3, 0.4) is 0 Å². The van der Waals surface area contributed by atoms with Gasteiger partial charge in [0.1, 0.15) is 10.8 Å². The molecule has 142 valence electrons. The van der Waals surface area contributed by atoms with E-state index in [0.29, 0.717) is 48.9 Å². The third kappa shape index (κ3) is 4.46. The van der Waals surface area contributed by atoms with E-state index in [4.69, 9.17) is 33.7 Å². The molecule has 29 heavy (non-hydrogen) atoms. The van der Waals surface area contributed by atoms with Crippen LogP contribution in [0, 0.1) is 60.4 Å². The summed E-state index contributed by atoms with van der Waals surface area (Å²) >= 11 is 14.0. The molecule has 1 N–H and O–H groups in total. The second-order valence-corrected chi connectivity index (χ2v) is 7.43. The fourth-order valence-electron chi connectivity index (χ4n) is 2.58. The molecule has 1 aromatic carbocycles. The topological polar surface area (TPSA) is 98.3 Å². The molecule has 0 aliphatic carbocycles. The largest absolute Gasteiger partial charge is 0.324 e. The maximum Gasteiger partial charge on any atom is 0.151 e. The second-order valence-electron chi connectivity index (χ2n) is 5.62. The number of thiazole rings is 1. The molecule has 0 radical (unpaired) electrons. The Hall–Kier alpha value is -1.97. The number of aromatic nitrogens is 3. The van der Waals surface area contributed by atoms with E-state index in [-0.39, 0.29) is 37.7 Å². The Morgan fingerprint density at radius 3 is 2.31 bits per heavy atom. The first-order chi connectivity index (χ1) is 13.6. The minimum Gasteiger partial charge on any atom is -0.324 e. The molecule has 3 heterocycles. The maximum atomic E-state index is 9.05. The van der Waals surface area contributed by atoms with Crippen molar-refractivity contribution < 1.29 is 37.7 Å². The van der Waals surface area contributed by atoms with Crippen molar-refractivity contribution in [3.63, 3.8) is 0 Å². The summed E-state index contributed by atoms with van der Waals surface area (Å²) in [7, 11) is 0. The molecule has 0 fully saturated rings. The molecule has 0 spiro atoms. The van der Waals surface area contributed by atoms with E-state index in [9.17, 15) is 0 Å². The minimum atomic E-state index is 0. The average Bonchev–Trinajstić information content (AvgIpc) is 3.12. The van der Waals surface area contributed by atoms with E-state index in [0.717, 1.165) is 4.70 Å². The average molecular weight is 463 g/mol. The molecule has 0 atom stereocenters. The van der Waals surface area contributed by atoms with E-state index in [1.165, 1.54) is 11.3 Å². The number of benzene rings is 1. The smallest absolute Gasteiger partial charge is 0.151 e. The van der Waals surface area contributed by atoms with Crippen molar-refractivity contribution in [3.05, 3.63) is 63.9 Å². The van der Waals surface area contributed by atoms with Crippen molar-refractivity contribution >= 4 is 56.4 Å². The predicted octanol–water partition coefficient (Wildman–Crippen LogP) is 5.55. The Kier molecular flexibility index (Phi) is 6.92. The summed E-state index contributed by atoms with van der Waals surface area (Å²) in [5.41, 5.74) is 2.16. The Morgan fingerprint density at radius 1 is 0.931 bits per heavy atom. The molecular weight excluding hydrogens is 455 g/mol. The van der Waals surface area contributed by atoms with E-state index in [1.807, 2.05) is 6.07 Å². The van der Waals surface area contributed by atoms with E-state index >= 15 is 0 Å². The summed E-state index contributed by atoms with van der Waals surface area (Å²) in [5, 5.41) is 22.5. The molecule has 0 bridgehead atoms. The molecule has 0 aliphatic rings. The number of halogens is 2. The first kappa shape index (κ1) is 21.7. The number of pyridine rings is 2. The summed E-state index contributed by atoms with van der Waals surface area (Å²) < 4.78 is 0.790. The summed E-state index contributed by atoms with van der Waals surface area (Å²) in [4.78, 5) is 13.2. The zero-order chi connectivity index (χ0) is 19.7. The second kappa shape index (κ2) is 9.23. The van der Waals surface area contributed by atoms with Gasteiger partial charge in [-0.15, -0.1) is 11.3 Å². The van der Waals surface area contributed by atoms with Crippen molar-refractivity contribution in [1.82, 2.24) is 15.0 Å². The van der Waals surface area contributed by atoms with Crippen LogP contribution >= 0.6 is 34.5 Å². The number of nitrogens with zero attached hydrogens (tertiary/aromatic N) is 5. The number of fused-ring (bicyclic) bond motifs is 1. The van der Waals surface area contributed by atoms with Gasteiger partial charge in [0.05, 0.1) is 43.5 Å². The standard InChI is InChI=1S/C19H8Cl2N6S.Ar/c20-12-5-11(9-23)6-13(21)16(12)19-26-14-2-4-25-18(17(14)28-19)27-15-7-10(8-22)1-3-24-15;/h1-7H,(H,24,25,27);. The fourth-order valence-corrected chi connectivity index (χ4v) is 4.44. The zero-order valence-electron chi connectivity index (χ0n) is 14.3. The van der Waals surface area contributed by atoms with Gasteiger partial charge < -0.3 is 5.32 Å². The Balaban J connectivity index is 0.00000240. The van der Waals surface area contributed by atoms with E-state index < -0.39 is 0 Å². The summed E-state index contributed by atoms with van der Waals surface area (Å²) in [6.45, 7) is 0. The van der Waals surface area contributed by atoms with Gasteiger partial charge >= 0.3 is 0 Å². The summed E-state index contributed by atoms with van der Waals surface area (Å²) in [6, 6.07) is 12.3. The predicted molar refractivity (Wildman–Crippen MR) is 110 cm³/mol. The van der Waals surface area contributed by atoms with Crippen LogP contribution in [0.25, 0.3) is 20.8 Å². The van der Waals surface area contributed by atoms with Crippen molar-refractivity contribution in [1.29, 1.82) is 10.5 Å². The third-order valence-electron chi connectivity index (χ3n) is 3.83. The Labute approximate surface area is 209 Å². The van der Waals surface area contributed by atoms with Gasteiger partial charge in [0.25, 0.3) is 0 Å². The van der Waals surface area contributed by atoms with Crippen LogP contribution in [-0.4, -0.2) is 15.0 Å². The van der Waals surface area contributed by atoms with Gasteiger partial charge in [0.2, 0.25) is 0 Å². The van der Waals surface area contributed by atoms with Gasteiger partial charge in [0.15, 0.2) is 5.82 Å². The summed E-state index contributed by atoms with van der Waals surface area (Å²) in [6.07, 6.45) is 3.18. The van der Waals surface area contributed by atoms with Gasteiger partial charge in [-0.1, -0.05) is 23.2 Å². The van der Waals surface area contributed by atoms with Crippen LogP contribution in [0.1, 0.15) is 11.1 Å². The quantitative estimate of drug-likeness (QED) is 0.428. The van der Waals surface area contributed by atoms with Gasteiger partial charge in [-0.3, -0.25) is 0 Å². The zero-order valence-corrected chi connectivity index (χ0v) is 17.3. The molecule has 4 rings (SSSR count). The van der Waals surface area contributed by atoms with Gasteiger partial charge in [-0.2, -0.15) is 10.5 Å². The van der Waals surface area contributed by atoms with Crippen molar-refractivity contribution in [2.45, 2.75) is 0 Å². The number of nitriles is 2. The normalized spacial score (nSPS) is 10.1. The molecule has 6 nitrogen and oxygen atoms in total. The maximum absolute atomic E-state index is 9.05. The number of hydrogen-bond donors (Lipinski definition) is 1. The van der Waals surface area contributed by atoms with Crippen LogP contribution in [-0.2, 0) is 0 Å². The SMILES string of the molecule is N#Cc1ccnc(Nc2nccc3nc(-c4c(Cl)cc(C#N)cc4Cl)sc23)c1.[Ar]. The van der Waals surface area contributed by atoms with Crippen molar-refractivity contribution in [3.8, 4) is 22.7 Å². The Bertz CT molecular complexity index is 1290. The van der Waals surface area contributed by atoms with E-state index in [1.54, 1.807) is 42.7 Å². The van der Waals surface area contributed by atoms with Crippen LogP contribution in [0.15, 0.2) is 42.7 Å². The number of hydrogen-bond acceptors (Lipinski definition) is 7.